The second kappa shape index (κ2) is 9.50. The molecule has 5 nitrogen and oxygen atoms in total. The maximum absolute atomic E-state index is 6.18. The Morgan fingerprint density at radius 2 is 0.951 bits per heavy atom. The van der Waals surface area contributed by atoms with Gasteiger partial charge >= 0.3 is 0 Å². The van der Waals surface area contributed by atoms with E-state index >= 15 is 0 Å². The molecule has 0 unspecified atom stereocenters. The van der Waals surface area contributed by atoms with E-state index in [9.17, 15) is 0 Å². The number of nitrogens with zero attached hydrogens (tertiary/aromatic N) is 4. The highest BCUT2D eigenvalue weighted by atomic mass is 16.3. The van der Waals surface area contributed by atoms with E-state index in [1.807, 2.05) is 97.1 Å². The summed E-state index contributed by atoms with van der Waals surface area (Å²) in [6.07, 6.45) is 0. The van der Waals surface area contributed by atoms with Crippen LogP contribution in [-0.4, -0.2) is 19.9 Å². The van der Waals surface area contributed by atoms with Crippen molar-refractivity contribution in [2.75, 3.05) is 0 Å². The highest BCUT2D eigenvalue weighted by Gasteiger charge is 2.16. The van der Waals surface area contributed by atoms with E-state index in [-0.39, 0.29) is 0 Å². The number of rotatable bonds is 4. The third-order valence-electron chi connectivity index (χ3n) is 7.33. The van der Waals surface area contributed by atoms with Gasteiger partial charge in [-0.25, -0.2) is 19.9 Å². The van der Waals surface area contributed by atoms with Crippen LogP contribution in [0, 0.1) is 0 Å². The van der Waals surface area contributed by atoms with Crippen LogP contribution < -0.4 is 0 Å². The maximum Gasteiger partial charge on any atom is 0.227 e. The quantitative estimate of drug-likeness (QED) is 0.214. The van der Waals surface area contributed by atoms with Crippen molar-refractivity contribution in [3.8, 4) is 45.6 Å². The monoisotopic (exact) mass is 526 g/mol. The summed E-state index contributed by atoms with van der Waals surface area (Å²) in [5, 5.41) is 4.37. The highest BCUT2D eigenvalue weighted by molar-refractivity contribution is 6.18. The van der Waals surface area contributed by atoms with Crippen LogP contribution in [0.3, 0.4) is 0 Å². The van der Waals surface area contributed by atoms with Crippen molar-refractivity contribution < 1.29 is 4.42 Å². The van der Waals surface area contributed by atoms with Crippen molar-refractivity contribution in [3.63, 3.8) is 0 Å². The first-order valence-corrected chi connectivity index (χ1v) is 13.5. The molecule has 8 aromatic rings. The molecule has 0 aliphatic heterocycles. The Hall–Kier alpha value is -5.68. The summed E-state index contributed by atoms with van der Waals surface area (Å²) in [6, 6.07) is 44.8. The zero-order valence-electron chi connectivity index (χ0n) is 21.9. The van der Waals surface area contributed by atoms with E-state index in [1.165, 1.54) is 0 Å². The van der Waals surface area contributed by atoms with Crippen LogP contribution in [0.2, 0.25) is 0 Å². The molecule has 0 bridgehead atoms. The van der Waals surface area contributed by atoms with Gasteiger partial charge in [-0.15, -0.1) is 0 Å². The van der Waals surface area contributed by atoms with Gasteiger partial charge < -0.3 is 4.42 Å². The Morgan fingerprint density at radius 3 is 1.59 bits per heavy atom. The van der Waals surface area contributed by atoms with Crippen molar-refractivity contribution in [2.45, 2.75) is 0 Å². The lowest BCUT2D eigenvalue weighted by atomic mass is 9.99. The van der Waals surface area contributed by atoms with Gasteiger partial charge in [0.15, 0.2) is 23.1 Å². The van der Waals surface area contributed by atoms with Crippen molar-refractivity contribution in [1.29, 1.82) is 0 Å². The number of oxazole rings is 1. The number of hydrogen-bond acceptors (Lipinski definition) is 5. The molecule has 41 heavy (non-hydrogen) atoms. The van der Waals surface area contributed by atoms with Crippen LogP contribution in [-0.2, 0) is 0 Å². The van der Waals surface area contributed by atoms with Crippen molar-refractivity contribution in [1.82, 2.24) is 19.9 Å². The Labute approximate surface area is 235 Å². The second-order valence-corrected chi connectivity index (χ2v) is 9.94. The fourth-order valence-electron chi connectivity index (χ4n) is 5.32. The summed E-state index contributed by atoms with van der Waals surface area (Å²) in [5.74, 6) is 2.54. The molecule has 0 N–H and O–H groups in total. The SMILES string of the molecule is c1ccc(-c2nc(-c3ccccc3)nc(-c3ccc4c(ccc5ccc6oc(-c7ccccc7)nc6c54)c3)n2)cc1. The Morgan fingerprint density at radius 1 is 0.415 bits per heavy atom. The van der Waals surface area contributed by atoms with E-state index < -0.39 is 0 Å². The van der Waals surface area contributed by atoms with Gasteiger partial charge in [-0.3, -0.25) is 0 Å². The highest BCUT2D eigenvalue weighted by Crippen LogP contribution is 2.36. The Kier molecular flexibility index (Phi) is 5.38. The van der Waals surface area contributed by atoms with Crippen molar-refractivity contribution >= 4 is 32.6 Å². The van der Waals surface area contributed by atoms with E-state index in [4.69, 9.17) is 24.4 Å². The van der Waals surface area contributed by atoms with Crippen LogP contribution in [0.5, 0.6) is 0 Å². The van der Waals surface area contributed by atoms with Crippen molar-refractivity contribution in [2.24, 2.45) is 0 Å². The van der Waals surface area contributed by atoms with Gasteiger partial charge in [0.05, 0.1) is 0 Å². The van der Waals surface area contributed by atoms with Gasteiger partial charge in [0.2, 0.25) is 5.89 Å². The summed E-state index contributed by atoms with van der Waals surface area (Å²) < 4.78 is 6.18. The number of benzene rings is 6. The van der Waals surface area contributed by atoms with E-state index in [2.05, 4.69) is 36.4 Å². The molecule has 8 rings (SSSR count). The first-order chi connectivity index (χ1) is 20.3. The minimum Gasteiger partial charge on any atom is -0.436 e. The third-order valence-corrected chi connectivity index (χ3v) is 7.33. The van der Waals surface area contributed by atoms with Gasteiger partial charge in [-0.1, -0.05) is 109 Å². The molecule has 5 heteroatoms. The van der Waals surface area contributed by atoms with Crippen LogP contribution >= 0.6 is 0 Å². The molecule has 0 saturated carbocycles. The third kappa shape index (κ3) is 4.12. The predicted octanol–water partition coefficient (Wildman–Crippen LogP) is 8.99. The smallest absolute Gasteiger partial charge is 0.227 e. The molecule has 192 valence electrons. The van der Waals surface area contributed by atoms with Crippen LogP contribution in [0.25, 0.3) is 78.3 Å². The molecule has 0 spiro atoms. The standard InChI is InChI=1S/C36H22N4O/c1-4-10-24(11-5-1)33-38-34(25-12-6-2-7-13-25)40-35(39-33)28-18-20-29-27(22-28)17-16-23-19-21-30-32(31(23)29)37-36(41-30)26-14-8-3-9-15-26/h1-22H. The van der Waals surface area contributed by atoms with Crippen LogP contribution in [0.4, 0.5) is 0 Å². The lowest BCUT2D eigenvalue weighted by Crippen LogP contribution is -2.00. The molecule has 0 fully saturated rings. The molecular formula is C36H22N4O. The first kappa shape index (κ1) is 23.2. The molecule has 0 aliphatic carbocycles. The summed E-state index contributed by atoms with van der Waals surface area (Å²) >= 11 is 0. The van der Waals surface area contributed by atoms with Gasteiger partial charge in [-0.2, -0.15) is 0 Å². The minimum atomic E-state index is 0.619. The summed E-state index contributed by atoms with van der Waals surface area (Å²) in [5.41, 5.74) is 5.40. The normalized spacial score (nSPS) is 11.4. The Balaban J connectivity index is 1.31. The number of aromatic nitrogens is 4. The van der Waals surface area contributed by atoms with Crippen molar-refractivity contribution in [3.05, 3.63) is 133 Å². The molecule has 2 aromatic heterocycles. The number of fused-ring (bicyclic) bond motifs is 5. The lowest BCUT2D eigenvalue weighted by molar-refractivity contribution is 0.620. The zero-order valence-corrected chi connectivity index (χ0v) is 21.9. The molecule has 2 heterocycles. The molecule has 0 saturated heterocycles. The molecular weight excluding hydrogens is 504 g/mol. The zero-order chi connectivity index (χ0) is 27.2. The van der Waals surface area contributed by atoms with E-state index in [0.717, 1.165) is 54.9 Å². The molecule has 0 aliphatic rings. The first-order valence-electron chi connectivity index (χ1n) is 13.5. The van der Waals surface area contributed by atoms with E-state index in [0.29, 0.717) is 23.4 Å². The minimum absolute atomic E-state index is 0.619. The number of hydrogen-bond donors (Lipinski definition) is 0. The van der Waals surface area contributed by atoms with Crippen LogP contribution in [0.1, 0.15) is 0 Å². The average Bonchev–Trinajstić information content (AvgIpc) is 3.50. The summed E-state index contributed by atoms with van der Waals surface area (Å²) in [4.78, 5) is 19.6. The Bertz CT molecular complexity index is 2130. The predicted molar refractivity (Wildman–Crippen MR) is 164 cm³/mol. The fraction of sp³-hybridized carbons (Fsp3) is 0. The molecule has 0 atom stereocenters. The molecule has 6 aromatic carbocycles. The largest absolute Gasteiger partial charge is 0.436 e. The van der Waals surface area contributed by atoms with Gasteiger partial charge in [0.25, 0.3) is 0 Å². The summed E-state index contributed by atoms with van der Waals surface area (Å²) in [6.45, 7) is 0. The average molecular weight is 527 g/mol. The topological polar surface area (TPSA) is 64.7 Å². The van der Waals surface area contributed by atoms with Gasteiger partial charge in [0.1, 0.15) is 5.52 Å². The fourth-order valence-corrected chi connectivity index (χ4v) is 5.32. The van der Waals surface area contributed by atoms with Gasteiger partial charge in [0, 0.05) is 27.6 Å². The maximum atomic E-state index is 6.18. The lowest BCUT2D eigenvalue weighted by Gasteiger charge is -2.10. The van der Waals surface area contributed by atoms with Gasteiger partial charge in [-0.05, 0) is 40.4 Å². The molecule has 0 amide bonds. The summed E-state index contributed by atoms with van der Waals surface area (Å²) in [7, 11) is 0. The van der Waals surface area contributed by atoms with E-state index in [1.54, 1.807) is 0 Å². The molecule has 0 radical (unpaired) electrons. The second-order valence-electron chi connectivity index (χ2n) is 9.94. The van der Waals surface area contributed by atoms with Crippen LogP contribution in [0.15, 0.2) is 138 Å².